The molecule has 1 aliphatic rings. The molecule has 3 rings (SSSR count). The molecule has 0 bridgehead atoms. The zero-order chi connectivity index (χ0) is 13.2. The van der Waals surface area contributed by atoms with Crippen molar-refractivity contribution in [3.8, 4) is 0 Å². The molecule has 0 aliphatic carbocycles. The highest BCUT2D eigenvalue weighted by molar-refractivity contribution is 6.33. The van der Waals surface area contributed by atoms with Gasteiger partial charge in [0.2, 0.25) is 0 Å². The van der Waals surface area contributed by atoms with Crippen molar-refractivity contribution in [2.24, 2.45) is 5.10 Å². The van der Waals surface area contributed by atoms with Gasteiger partial charge in [0, 0.05) is 24.3 Å². The Labute approximate surface area is 113 Å². The van der Waals surface area contributed by atoms with Gasteiger partial charge in [-0.3, -0.25) is 14.8 Å². The van der Waals surface area contributed by atoms with Crippen molar-refractivity contribution in [3.63, 3.8) is 0 Å². The number of aromatic nitrogens is 3. The summed E-state index contributed by atoms with van der Waals surface area (Å²) in [5, 5.41) is 4.54. The number of hydrogen-bond acceptors (Lipinski definition) is 4. The van der Waals surface area contributed by atoms with Crippen LogP contribution in [0.3, 0.4) is 0 Å². The maximum absolute atomic E-state index is 11.8. The van der Waals surface area contributed by atoms with Crippen LogP contribution in [0.1, 0.15) is 11.4 Å². The van der Waals surface area contributed by atoms with Crippen LogP contribution in [0.2, 0.25) is 5.02 Å². The van der Waals surface area contributed by atoms with Crippen molar-refractivity contribution < 1.29 is 4.79 Å². The maximum Gasteiger partial charge on any atom is 0.273 e. The summed E-state index contributed by atoms with van der Waals surface area (Å²) in [5.74, 6) is -0.286. The number of nitrogens with one attached hydrogen (secondary N) is 2. The number of rotatable bonds is 2. The molecule has 0 spiro atoms. The minimum Gasteiger partial charge on any atom is -0.360 e. The fraction of sp³-hybridized carbons (Fsp3) is 0. The van der Waals surface area contributed by atoms with Gasteiger partial charge in [0.15, 0.2) is 0 Å². The molecule has 0 saturated heterocycles. The lowest BCUT2D eigenvalue weighted by Crippen LogP contribution is -2.14. The SMILES string of the molecule is O=C1NN=C(c2cnccn2)/C1=C\c1cc(Cl)c[nH]1. The van der Waals surface area contributed by atoms with E-state index in [4.69, 9.17) is 11.6 Å². The number of nitrogens with zero attached hydrogens (tertiary/aromatic N) is 3. The van der Waals surface area contributed by atoms with Gasteiger partial charge in [0.05, 0.1) is 16.8 Å². The molecule has 2 N–H and O–H groups in total. The molecule has 94 valence electrons. The van der Waals surface area contributed by atoms with E-state index >= 15 is 0 Å². The zero-order valence-corrected chi connectivity index (χ0v) is 10.3. The predicted octanol–water partition coefficient (Wildman–Crippen LogP) is 1.38. The molecular formula is C12H8ClN5O. The molecule has 0 unspecified atom stereocenters. The Hall–Kier alpha value is -2.47. The molecule has 3 heterocycles. The Morgan fingerprint density at radius 2 is 2.21 bits per heavy atom. The summed E-state index contributed by atoms with van der Waals surface area (Å²) in [6.07, 6.45) is 7.96. The predicted molar refractivity (Wildman–Crippen MR) is 70.5 cm³/mol. The number of hydrogen-bond donors (Lipinski definition) is 2. The van der Waals surface area contributed by atoms with Crippen LogP contribution in [0.4, 0.5) is 0 Å². The van der Waals surface area contributed by atoms with E-state index in [9.17, 15) is 4.79 Å². The highest BCUT2D eigenvalue weighted by Gasteiger charge is 2.25. The van der Waals surface area contributed by atoms with Gasteiger partial charge in [-0.05, 0) is 12.1 Å². The van der Waals surface area contributed by atoms with E-state index in [1.807, 2.05) is 0 Å². The Morgan fingerprint density at radius 3 is 2.89 bits per heavy atom. The van der Waals surface area contributed by atoms with E-state index in [0.717, 1.165) is 0 Å². The number of aromatic amines is 1. The molecule has 19 heavy (non-hydrogen) atoms. The van der Waals surface area contributed by atoms with E-state index in [1.54, 1.807) is 36.9 Å². The third kappa shape index (κ3) is 2.25. The third-order valence-electron chi connectivity index (χ3n) is 2.54. The van der Waals surface area contributed by atoms with E-state index in [1.165, 1.54) is 0 Å². The van der Waals surface area contributed by atoms with Crippen molar-refractivity contribution in [2.75, 3.05) is 0 Å². The summed E-state index contributed by atoms with van der Waals surface area (Å²) in [6, 6.07) is 1.72. The van der Waals surface area contributed by atoms with Gasteiger partial charge in [-0.1, -0.05) is 11.6 Å². The normalized spacial score (nSPS) is 16.6. The van der Waals surface area contributed by atoms with Gasteiger partial charge < -0.3 is 4.98 Å². The second-order valence-corrected chi connectivity index (χ2v) is 4.26. The quantitative estimate of drug-likeness (QED) is 0.811. The number of halogens is 1. The Morgan fingerprint density at radius 1 is 1.32 bits per heavy atom. The molecular weight excluding hydrogens is 266 g/mol. The van der Waals surface area contributed by atoms with Crippen molar-refractivity contribution >= 4 is 29.3 Å². The lowest BCUT2D eigenvalue weighted by molar-refractivity contribution is -0.116. The highest BCUT2D eigenvalue weighted by Crippen LogP contribution is 2.17. The summed E-state index contributed by atoms with van der Waals surface area (Å²) in [4.78, 5) is 22.8. The van der Waals surface area contributed by atoms with Gasteiger partial charge in [0.25, 0.3) is 5.91 Å². The fourth-order valence-corrected chi connectivity index (χ4v) is 1.88. The fourth-order valence-electron chi connectivity index (χ4n) is 1.71. The van der Waals surface area contributed by atoms with Crippen molar-refractivity contribution in [1.82, 2.24) is 20.4 Å². The first-order valence-electron chi connectivity index (χ1n) is 5.44. The first kappa shape index (κ1) is 11.6. The summed E-state index contributed by atoms with van der Waals surface area (Å²) in [6.45, 7) is 0. The van der Waals surface area contributed by atoms with Gasteiger partial charge >= 0.3 is 0 Å². The third-order valence-corrected chi connectivity index (χ3v) is 2.76. The van der Waals surface area contributed by atoms with Crippen LogP contribution < -0.4 is 5.43 Å². The number of hydrazone groups is 1. The largest absolute Gasteiger partial charge is 0.360 e. The molecule has 1 amide bonds. The van der Waals surface area contributed by atoms with Crippen LogP contribution in [-0.4, -0.2) is 26.6 Å². The van der Waals surface area contributed by atoms with E-state index < -0.39 is 0 Å². The molecule has 0 saturated carbocycles. The number of H-pyrrole nitrogens is 1. The minimum atomic E-state index is -0.286. The monoisotopic (exact) mass is 273 g/mol. The average Bonchev–Trinajstić information content (AvgIpc) is 2.99. The molecule has 6 nitrogen and oxygen atoms in total. The maximum atomic E-state index is 11.8. The Balaban J connectivity index is 2.01. The Kier molecular flexibility index (Phi) is 2.85. The number of carbonyl (C=O) groups excluding carboxylic acids is 1. The second-order valence-electron chi connectivity index (χ2n) is 3.82. The van der Waals surface area contributed by atoms with E-state index in [-0.39, 0.29) is 5.91 Å². The van der Waals surface area contributed by atoms with Gasteiger partial charge in [-0.15, -0.1) is 0 Å². The summed E-state index contributed by atoms with van der Waals surface area (Å²) < 4.78 is 0. The minimum absolute atomic E-state index is 0.286. The van der Waals surface area contributed by atoms with Crippen LogP contribution in [-0.2, 0) is 4.79 Å². The lowest BCUT2D eigenvalue weighted by atomic mass is 10.1. The van der Waals surface area contributed by atoms with Gasteiger partial charge in [0.1, 0.15) is 11.4 Å². The Bertz CT molecular complexity index is 689. The topological polar surface area (TPSA) is 83.0 Å². The van der Waals surface area contributed by atoms with Crippen molar-refractivity contribution in [2.45, 2.75) is 0 Å². The summed E-state index contributed by atoms with van der Waals surface area (Å²) >= 11 is 5.82. The molecule has 0 fully saturated rings. The molecule has 0 atom stereocenters. The summed E-state index contributed by atoms with van der Waals surface area (Å²) in [5.41, 5.74) is 4.54. The molecule has 2 aromatic heterocycles. The first-order chi connectivity index (χ1) is 9.24. The van der Waals surface area contributed by atoms with Crippen LogP contribution in [0.5, 0.6) is 0 Å². The molecule has 2 aromatic rings. The smallest absolute Gasteiger partial charge is 0.273 e. The van der Waals surface area contributed by atoms with Crippen LogP contribution >= 0.6 is 11.6 Å². The average molecular weight is 274 g/mol. The summed E-state index contributed by atoms with van der Waals surface area (Å²) in [7, 11) is 0. The number of amides is 1. The zero-order valence-electron chi connectivity index (χ0n) is 9.59. The first-order valence-corrected chi connectivity index (χ1v) is 5.82. The van der Waals surface area contributed by atoms with Crippen LogP contribution in [0.25, 0.3) is 6.08 Å². The van der Waals surface area contributed by atoms with Crippen LogP contribution in [0, 0.1) is 0 Å². The number of carbonyl (C=O) groups is 1. The standard InChI is InChI=1S/C12H8ClN5O/c13-7-3-8(16-5-7)4-9-11(17-18-12(9)19)10-6-14-1-2-15-10/h1-6,16H,(H,18,19)/b9-4+. The van der Waals surface area contributed by atoms with Crippen molar-refractivity contribution in [1.29, 1.82) is 0 Å². The highest BCUT2D eigenvalue weighted by atomic mass is 35.5. The van der Waals surface area contributed by atoms with Crippen LogP contribution in [0.15, 0.2) is 41.5 Å². The molecule has 7 heteroatoms. The van der Waals surface area contributed by atoms with Crippen molar-refractivity contribution in [3.05, 3.63) is 52.8 Å². The second kappa shape index (κ2) is 4.66. The molecule has 0 aromatic carbocycles. The van der Waals surface area contributed by atoms with E-state index in [0.29, 0.717) is 27.7 Å². The van der Waals surface area contributed by atoms with E-state index in [2.05, 4.69) is 25.5 Å². The molecule has 1 aliphatic heterocycles. The molecule has 0 radical (unpaired) electrons. The van der Waals surface area contributed by atoms with Gasteiger partial charge in [-0.25, -0.2) is 5.43 Å². The lowest BCUT2D eigenvalue weighted by Gasteiger charge is -1.99. The van der Waals surface area contributed by atoms with Gasteiger partial charge in [-0.2, -0.15) is 5.10 Å².